The molecule has 1 saturated heterocycles. The molecule has 0 aromatic carbocycles. The second kappa shape index (κ2) is 12.0. The molecular formula is C21H37N2O9P. The fourth-order valence-corrected chi connectivity index (χ4v) is 5.36. The molecular weight excluding hydrogens is 455 g/mol. The predicted molar refractivity (Wildman–Crippen MR) is 120 cm³/mol. The van der Waals surface area contributed by atoms with Crippen LogP contribution in [0, 0.1) is 5.41 Å². The zero-order valence-corrected chi connectivity index (χ0v) is 21.6. The topological polar surface area (TPSA) is 136 Å². The molecule has 1 aliphatic rings. The second-order valence-corrected chi connectivity index (χ2v) is 11.1. The summed E-state index contributed by atoms with van der Waals surface area (Å²) in [6.45, 7) is 13.1. The normalized spacial score (nSPS) is 19.1. The van der Waals surface area contributed by atoms with Crippen LogP contribution >= 0.6 is 7.94 Å². The molecule has 0 saturated carbocycles. The van der Waals surface area contributed by atoms with E-state index in [2.05, 4.69) is 5.43 Å². The van der Waals surface area contributed by atoms with Gasteiger partial charge in [-0.2, -0.15) is 5.01 Å². The molecule has 0 aromatic rings. The average molecular weight is 493 g/mol. The van der Waals surface area contributed by atoms with Crippen LogP contribution in [0.25, 0.3) is 0 Å². The van der Waals surface area contributed by atoms with E-state index in [1.165, 1.54) is 6.08 Å². The van der Waals surface area contributed by atoms with Crippen molar-refractivity contribution in [3.05, 3.63) is 12.2 Å². The van der Waals surface area contributed by atoms with Gasteiger partial charge in [-0.15, -0.1) is 0 Å². The Morgan fingerprint density at radius 2 is 1.70 bits per heavy atom. The summed E-state index contributed by atoms with van der Waals surface area (Å²) in [5.74, 6) is -1.09. The molecule has 0 bridgehead atoms. The van der Waals surface area contributed by atoms with Crippen molar-refractivity contribution in [3.8, 4) is 0 Å². The number of ether oxygens (including phenoxy) is 3. The van der Waals surface area contributed by atoms with Crippen LogP contribution in [0.4, 0.5) is 9.59 Å². The maximum Gasteiger partial charge on any atom is 0.433 e. The van der Waals surface area contributed by atoms with Gasteiger partial charge in [0.2, 0.25) is 0 Å². The molecule has 0 spiro atoms. The lowest BCUT2D eigenvalue weighted by Crippen LogP contribution is -2.67. The fourth-order valence-electron chi connectivity index (χ4n) is 2.83. The zero-order valence-electron chi connectivity index (χ0n) is 20.7. The number of rotatable bonds is 8. The van der Waals surface area contributed by atoms with Gasteiger partial charge in [-0.25, -0.2) is 28.9 Å². The molecule has 12 heteroatoms. The van der Waals surface area contributed by atoms with Crippen molar-refractivity contribution in [2.24, 2.45) is 5.41 Å². The molecule has 1 unspecified atom stereocenters. The number of hydrazine groups is 1. The lowest BCUT2D eigenvalue weighted by molar-refractivity contribution is -0.248. The molecule has 11 nitrogen and oxygen atoms in total. The molecule has 0 aliphatic carbocycles. The highest BCUT2D eigenvalue weighted by Gasteiger charge is 2.70. The van der Waals surface area contributed by atoms with Crippen LogP contribution in [0.15, 0.2) is 12.2 Å². The van der Waals surface area contributed by atoms with E-state index in [1.807, 2.05) is 13.8 Å². The number of amides is 2. The highest BCUT2D eigenvalue weighted by Crippen LogP contribution is 2.69. The van der Waals surface area contributed by atoms with Crippen LogP contribution < -0.4 is 10.3 Å². The molecule has 1 atom stereocenters. The third-order valence-electron chi connectivity index (χ3n) is 4.38. The Morgan fingerprint density at radius 1 is 1.15 bits per heavy atom. The molecule has 1 rings (SSSR count). The first kappa shape index (κ1) is 29.1. The smallest absolute Gasteiger partial charge is 0.433 e. The average Bonchev–Trinajstić information content (AvgIpc) is 2.69. The Labute approximate surface area is 196 Å². The van der Waals surface area contributed by atoms with E-state index in [1.54, 1.807) is 47.6 Å². The van der Waals surface area contributed by atoms with Gasteiger partial charge >= 0.3 is 23.4 Å². The largest absolute Gasteiger partial charge is 0.629 e. The minimum atomic E-state index is -4.46. The first-order valence-corrected chi connectivity index (χ1v) is 12.4. The van der Waals surface area contributed by atoms with Gasteiger partial charge in [-0.3, -0.25) is 0 Å². The summed E-state index contributed by atoms with van der Waals surface area (Å²) < 4.78 is 26.9. The van der Waals surface area contributed by atoms with Crippen molar-refractivity contribution in [2.45, 2.75) is 79.3 Å². The van der Waals surface area contributed by atoms with E-state index in [0.717, 1.165) is 0 Å². The maximum atomic E-state index is 14.2. The number of nitrogens with one attached hydrogen (secondary N) is 1. The van der Waals surface area contributed by atoms with Gasteiger partial charge in [-0.05, 0) is 41.5 Å². The first-order valence-electron chi connectivity index (χ1n) is 10.9. The van der Waals surface area contributed by atoms with Gasteiger partial charge in [0, 0.05) is 11.8 Å². The van der Waals surface area contributed by atoms with Gasteiger partial charge in [-0.1, -0.05) is 26.0 Å². The Bertz CT molecular complexity index is 717. The lowest BCUT2D eigenvalue weighted by Gasteiger charge is -2.49. The summed E-state index contributed by atoms with van der Waals surface area (Å²) in [6.07, 6.45) is -0.660. The van der Waals surface area contributed by atoms with Crippen LogP contribution in [0.2, 0.25) is 0 Å². The highest BCUT2D eigenvalue weighted by atomic mass is 31.2. The van der Waals surface area contributed by atoms with E-state index in [-0.39, 0.29) is 26.2 Å². The molecule has 33 heavy (non-hydrogen) atoms. The number of allylic oxidation sites excluding steroid dienone is 1. The molecule has 1 aliphatic heterocycles. The van der Waals surface area contributed by atoms with Gasteiger partial charge in [0.25, 0.3) is 7.94 Å². The van der Waals surface area contributed by atoms with Crippen molar-refractivity contribution in [1.29, 1.82) is 0 Å². The van der Waals surface area contributed by atoms with E-state index in [0.29, 0.717) is 5.01 Å². The molecule has 0 radical (unpaired) electrons. The molecule has 1 N–H and O–H groups in total. The number of hydrogen-bond acceptors (Lipinski definition) is 9. The number of esters is 1. The van der Waals surface area contributed by atoms with Crippen molar-refractivity contribution in [3.63, 3.8) is 0 Å². The van der Waals surface area contributed by atoms with Crippen LogP contribution in [-0.4, -0.2) is 60.5 Å². The minimum absolute atomic E-state index is 0.0230. The molecule has 190 valence electrons. The second-order valence-electron chi connectivity index (χ2n) is 8.85. The van der Waals surface area contributed by atoms with Gasteiger partial charge in [0.15, 0.2) is 0 Å². The Hall–Kier alpha value is -1.94. The Balaban J connectivity index is 3.73. The quantitative estimate of drug-likeness (QED) is 0.178. The predicted octanol–water partition coefficient (Wildman–Crippen LogP) is 3.30. The van der Waals surface area contributed by atoms with E-state index in [9.17, 15) is 19.3 Å². The van der Waals surface area contributed by atoms with Gasteiger partial charge < -0.3 is 19.1 Å². The van der Waals surface area contributed by atoms with Crippen LogP contribution in [-0.2, 0) is 28.1 Å². The lowest BCUT2D eigenvalue weighted by atomic mass is 9.97. The molecule has 1 fully saturated rings. The van der Waals surface area contributed by atoms with E-state index < -0.39 is 49.0 Å². The van der Waals surface area contributed by atoms with Crippen molar-refractivity contribution < 1.29 is 42.5 Å². The molecule has 0 aromatic heterocycles. The first-order chi connectivity index (χ1) is 15.2. The number of nitrogens with zero attached hydrogens (tertiary/aromatic N) is 1. The summed E-state index contributed by atoms with van der Waals surface area (Å²) in [5.41, 5.74) is 1.72. The SMILES string of the molecule is C/C=C/CC(C(=O)OCC)(N(NC(=O)OC(C)C)C(=O)OC(C)C)[P+]1([O-])OCC(C)(C)CO1. The number of hydrogen-bond donors (Lipinski definition) is 1. The van der Waals surface area contributed by atoms with Crippen molar-refractivity contribution >= 4 is 26.1 Å². The van der Waals surface area contributed by atoms with Gasteiger partial charge in [0.1, 0.15) is 13.2 Å². The highest BCUT2D eigenvalue weighted by molar-refractivity contribution is 7.62. The van der Waals surface area contributed by atoms with Crippen molar-refractivity contribution in [2.75, 3.05) is 19.8 Å². The van der Waals surface area contributed by atoms with Crippen LogP contribution in [0.5, 0.6) is 0 Å². The Kier molecular flexibility index (Phi) is 10.5. The van der Waals surface area contributed by atoms with Gasteiger partial charge in [0.05, 0.1) is 18.8 Å². The third kappa shape index (κ3) is 7.27. The van der Waals surface area contributed by atoms with E-state index in [4.69, 9.17) is 23.3 Å². The van der Waals surface area contributed by atoms with Crippen LogP contribution in [0.1, 0.15) is 61.8 Å². The summed E-state index contributed by atoms with van der Waals surface area (Å²) in [7, 11) is -4.46. The zero-order chi connectivity index (χ0) is 25.4. The monoisotopic (exact) mass is 492 g/mol. The minimum Gasteiger partial charge on any atom is -0.629 e. The maximum absolute atomic E-state index is 14.2. The molecule has 2 amide bonds. The summed E-state index contributed by atoms with van der Waals surface area (Å²) >= 11 is 0. The van der Waals surface area contributed by atoms with E-state index >= 15 is 0 Å². The summed E-state index contributed by atoms with van der Waals surface area (Å²) in [4.78, 5) is 53.3. The molecule has 1 heterocycles. The summed E-state index contributed by atoms with van der Waals surface area (Å²) in [6, 6.07) is 0. The number of carbonyl (C=O) groups is 3. The third-order valence-corrected chi connectivity index (χ3v) is 6.79. The number of carbonyl (C=O) groups excluding carboxylic acids is 3. The Morgan fingerprint density at radius 3 is 2.15 bits per heavy atom. The van der Waals surface area contributed by atoms with Crippen molar-refractivity contribution in [1.82, 2.24) is 10.4 Å². The standard InChI is InChI=1S/C21H37N2O9P/c1-9-11-12-21(17(24)28-10-2,33(27)29-13-20(7,8)14-30-33)23(19(26)32-16(5)6)22-18(25)31-15(3)4/h9,11,15-16H,10,12-14H2,1-8H3,(H,22,25)/b11-9+. The fraction of sp³-hybridized carbons (Fsp3) is 0.762. The summed E-state index contributed by atoms with van der Waals surface area (Å²) in [5, 5.41) is -1.89. The van der Waals surface area contributed by atoms with Crippen LogP contribution in [0.3, 0.4) is 0 Å².